The largest absolute Gasteiger partial charge is 0.345 e. The fraction of sp³-hybridized carbons (Fsp3) is 0.141. The van der Waals surface area contributed by atoms with Crippen LogP contribution in [0, 0.1) is 17.5 Å². The number of aromatic amines is 3. The molecule has 0 spiro atoms. The highest BCUT2D eigenvalue weighted by molar-refractivity contribution is 9.10. The average Bonchev–Trinajstić information content (AvgIpc) is 2.55. The summed E-state index contributed by atoms with van der Waals surface area (Å²) in [5.74, 6) is 3.41. The van der Waals surface area contributed by atoms with Gasteiger partial charge in [-0.3, -0.25) is 0 Å². The van der Waals surface area contributed by atoms with Crippen LogP contribution in [0.3, 0.4) is 0 Å². The van der Waals surface area contributed by atoms with Crippen molar-refractivity contribution in [2.75, 3.05) is 16.0 Å². The summed E-state index contributed by atoms with van der Waals surface area (Å²) in [7, 11) is 0. The molecule has 0 bridgehead atoms. The molecule has 11 aromatic heterocycles. The topological polar surface area (TPSA) is 261 Å². The van der Waals surface area contributed by atoms with Gasteiger partial charge < -0.3 is 30.9 Å². The summed E-state index contributed by atoms with van der Waals surface area (Å²) in [5.41, 5.74) is 11.6. The van der Waals surface area contributed by atoms with Crippen LogP contribution < -0.4 is 16.0 Å². The summed E-state index contributed by atoms with van der Waals surface area (Å²) in [6, 6.07) is 24.1. The molecule has 0 radical (unpaired) electrons. The number of pyridine rings is 3. The molecule has 26 heteroatoms. The van der Waals surface area contributed by atoms with Crippen molar-refractivity contribution < 1.29 is 13.2 Å². The average molecular weight is 1290 g/mol. The number of H-pyrrole nitrogens is 3. The summed E-state index contributed by atoms with van der Waals surface area (Å²) < 4.78 is 44.2. The molecule has 14 rings (SSSR count). The first-order valence-corrected chi connectivity index (χ1v) is 29.0. The third kappa shape index (κ3) is 13.1. The normalized spacial score (nSPS) is 11.2. The van der Waals surface area contributed by atoms with Gasteiger partial charge in [0.25, 0.3) is 0 Å². The number of halogens is 5. The fourth-order valence-corrected chi connectivity index (χ4v) is 10.3. The number of nitrogens with zero attached hydrogens (tertiary/aromatic N) is 15. The number of benzene rings is 3. The van der Waals surface area contributed by atoms with Gasteiger partial charge in [-0.05, 0) is 125 Å². The highest BCUT2D eigenvalue weighted by Crippen LogP contribution is 2.37. The van der Waals surface area contributed by atoms with Gasteiger partial charge >= 0.3 is 0 Å². The van der Waals surface area contributed by atoms with E-state index in [0.29, 0.717) is 29.1 Å². The standard InChI is InChI=1S/2C22H19FN8.C20H17BrFN5.ClH/c2*1-13(2)16-9-26-20(14-3-5-15(23)6-4-14)30-21(16)29-17-7-8-25-22-19(17)18(10-27-22)31-12-24-11-28-31;1-11(2)14-9-24-18(12-3-5-13(22)6-4-12)27-19(14)26-16-7-8-23-20-17(16)15(21)10-25-20;/h2*3-13H,1-2H3,(H2,25,26,27,29,30);3-11H,1-2H3,(H2,23,24,25,26,27);1H. The smallest absolute Gasteiger partial charge is 0.161 e. The monoisotopic (exact) mass is 1290 g/mol. The maximum absolute atomic E-state index is 13.3. The van der Waals surface area contributed by atoms with E-state index >= 15 is 0 Å². The van der Waals surface area contributed by atoms with Gasteiger partial charge in [-0.15, -0.1) is 12.4 Å². The lowest BCUT2D eigenvalue weighted by molar-refractivity contribution is 0.627. The number of hydrogen-bond acceptors (Lipinski definition) is 16. The molecule has 0 aliphatic rings. The van der Waals surface area contributed by atoms with Gasteiger partial charge in [0.05, 0.1) is 44.6 Å². The molecular weight excluding hydrogens is 1240 g/mol. The number of aromatic nitrogens is 18. The van der Waals surface area contributed by atoms with E-state index in [4.69, 9.17) is 15.0 Å². The quantitative estimate of drug-likeness (QED) is 0.0591. The van der Waals surface area contributed by atoms with Gasteiger partial charge in [-0.1, -0.05) is 41.5 Å². The van der Waals surface area contributed by atoms with Gasteiger partial charge in [-0.2, -0.15) is 10.2 Å². The molecule has 0 amide bonds. The van der Waals surface area contributed by atoms with Gasteiger partial charge in [-0.25, -0.2) is 77.4 Å². The Morgan fingerprint density at radius 2 is 0.744 bits per heavy atom. The van der Waals surface area contributed by atoms with Crippen molar-refractivity contribution in [2.24, 2.45) is 0 Å². The zero-order chi connectivity index (χ0) is 61.7. The zero-order valence-corrected chi connectivity index (χ0v) is 51.4. The van der Waals surface area contributed by atoms with Crippen LogP contribution in [0.5, 0.6) is 0 Å². The highest BCUT2D eigenvalue weighted by atomic mass is 79.9. The molecule has 3 aromatic carbocycles. The molecule has 0 aliphatic carbocycles. The summed E-state index contributed by atoms with van der Waals surface area (Å²) in [6.45, 7) is 12.5. The van der Waals surface area contributed by atoms with E-state index in [-0.39, 0.29) is 47.6 Å². The molecule has 0 atom stereocenters. The van der Waals surface area contributed by atoms with Crippen LogP contribution in [0.2, 0.25) is 0 Å². The van der Waals surface area contributed by atoms with Crippen molar-refractivity contribution in [3.8, 4) is 45.5 Å². The first-order chi connectivity index (χ1) is 43.2. The van der Waals surface area contributed by atoms with Crippen LogP contribution in [0.25, 0.3) is 78.6 Å². The number of anilines is 6. The van der Waals surface area contributed by atoms with E-state index in [2.05, 4.69) is 138 Å². The molecular formula is C64H56BrClF3N21. The fourth-order valence-electron chi connectivity index (χ4n) is 9.77. The summed E-state index contributed by atoms with van der Waals surface area (Å²) in [6.07, 6.45) is 22.4. The lowest BCUT2D eigenvalue weighted by Crippen LogP contribution is -2.05. The van der Waals surface area contributed by atoms with Crippen molar-refractivity contribution in [1.29, 1.82) is 0 Å². The molecule has 452 valence electrons. The number of hydrogen-bond donors (Lipinski definition) is 6. The molecule has 90 heavy (non-hydrogen) atoms. The zero-order valence-electron chi connectivity index (χ0n) is 49.0. The summed E-state index contributed by atoms with van der Waals surface area (Å²) in [5, 5.41) is 21.5. The molecule has 0 aliphatic heterocycles. The SMILES string of the molecule is CC(C)c1cnc(-c2ccc(F)cc2)nc1Nc1ccnc2[nH]cc(-n3cncn3)c12.CC(C)c1cnc(-c2ccc(F)cc2)nc1Nc1ccnc2[nH]cc(-n3cncn3)c12.CC(C)c1cnc(-c2ccc(F)cc2)nc1Nc1ccnc2[nH]cc(Br)c12.Cl. The van der Waals surface area contributed by atoms with E-state index in [1.165, 1.54) is 49.1 Å². The van der Waals surface area contributed by atoms with Gasteiger partial charge in [0.2, 0.25) is 0 Å². The Hall–Kier alpha value is -10.8. The maximum Gasteiger partial charge on any atom is 0.161 e. The molecule has 14 aromatic rings. The van der Waals surface area contributed by atoms with Crippen molar-refractivity contribution in [3.63, 3.8) is 0 Å². The second-order valence-electron chi connectivity index (χ2n) is 21.3. The Morgan fingerprint density at radius 1 is 0.422 bits per heavy atom. The predicted molar refractivity (Wildman–Crippen MR) is 347 cm³/mol. The van der Waals surface area contributed by atoms with Crippen LogP contribution >= 0.6 is 28.3 Å². The second-order valence-corrected chi connectivity index (χ2v) is 22.1. The molecule has 0 saturated carbocycles. The highest BCUT2D eigenvalue weighted by Gasteiger charge is 2.21. The van der Waals surface area contributed by atoms with Crippen molar-refractivity contribution in [1.82, 2.24) is 89.3 Å². The van der Waals surface area contributed by atoms with Crippen molar-refractivity contribution >= 4 is 96.0 Å². The predicted octanol–water partition coefficient (Wildman–Crippen LogP) is 15.4. The van der Waals surface area contributed by atoms with E-state index in [9.17, 15) is 13.2 Å². The number of fused-ring (bicyclic) bond motifs is 3. The first-order valence-electron chi connectivity index (χ1n) is 28.2. The second kappa shape index (κ2) is 26.7. The Bertz CT molecular complexity index is 4540. The third-order valence-corrected chi connectivity index (χ3v) is 15.0. The van der Waals surface area contributed by atoms with Gasteiger partial charge in [0, 0.05) is 93.6 Å². The first kappa shape index (κ1) is 60.9. The molecule has 0 fully saturated rings. The van der Waals surface area contributed by atoms with Crippen molar-refractivity contribution in [2.45, 2.75) is 59.3 Å². The molecule has 21 nitrogen and oxygen atoms in total. The third-order valence-electron chi connectivity index (χ3n) is 14.3. The van der Waals surface area contributed by atoms with Crippen LogP contribution in [0.4, 0.5) is 47.7 Å². The molecule has 6 N–H and O–H groups in total. The van der Waals surface area contributed by atoms with Crippen LogP contribution in [0.1, 0.15) is 76.0 Å². The maximum atomic E-state index is 13.3. The molecule has 11 heterocycles. The van der Waals surface area contributed by atoms with Crippen LogP contribution in [-0.4, -0.2) is 89.3 Å². The van der Waals surface area contributed by atoms with Crippen LogP contribution in [0.15, 0.2) is 177 Å². The van der Waals surface area contributed by atoms with Crippen molar-refractivity contribution in [3.05, 3.63) is 211 Å². The molecule has 0 unspecified atom stereocenters. The number of nitrogens with one attached hydrogen (secondary N) is 6. The number of rotatable bonds is 14. The van der Waals surface area contributed by atoms with Gasteiger partial charge in [0.1, 0.15) is 77.2 Å². The Balaban J connectivity index is 0.000000139. The molecule has 0 saturated heterocycles. The summed E-state index contributed by atoms with van der Waals surface area (Å²) in [4.78, 5) is 58.4. The summed E-state index contributed by atoms with van der Waals surface area (Å²) >= 11 is 3.56. The minimum atomic E-state index is -0.298. The lowest BCUT2D eigenvalue weighted by Gasteiger charge is -2.15. The van der Waals surface area contributed by atoms with Gasteiger partial charge in [0.15, 0.2) is 17.5 Å². The van der Waals surface area contributed by atoms with E-state index in [1.807, 2.05) is 55.4 Å². The lowest BCUT2D eigenvalue weighted by atomic mass is 10.1. The minimum absolute atomic E-state index is 0. The Kier molecular flexibility index (Phi) is 18.0. The van der Waals surface area contributed by atoms with Crippen LogP contribution in [-0.2, 0) is 0 Å². The van der Waals surface area contributed by atoms with E-state index in [1.54, 1.807) is 77.0 Å². The minimum Gasteiger partial charge on any atom is -0.345 e. The van der Waals surface area contributed by atoms with E-state index in [0.717, 1.165) is 105 Å². The van der Waals surface area contributed by atoms with E-state index < -0.39 is 0 Å². The Morgan fingerprint density at radius 3 is 1.07 bits per heavy atom. The Labute approximate surface area is 527 Å².